The van der Waals surface area contributed by atoms with Crippen molar-refractivity contribution in [2.24, 2.45) is 0 Å². The van der Waals surface area contributed by atoms with E-state index >= 15 is 0 Å². The van der Waals surface area contributed by atoms with Gasteiger partial charge < -0.3 is 0 Å². The molecule has 1 aliphatic rings. The molecule has 4 rings (SSSR count). The second kappa shape index (κ2) is 11.4. The highest BCUT2D eigenvalue weighted by Gasteiger charge is 2.45. The lowest BCUT2D eigenvalue weighted by Gasteiger charge is -2.37. The molecule has 3 aromatic carbocycles. The van der Waals surface area contributed by atoms with Crippen molar-refractivity contribution in [3.05, 3.63) is 100 Å². The fourth-order valence-corrected chi connectivity index (χ4v) is 7.90. The van der Waals surface area contributed by atoms with Crippen molar-refractivity contribution in [3.8, 4) is 11.8 Å². The third-order valence-electron chi connectivity index (χ3n) is 6.88. The van der Waals surface area contributed by atoms with E-state index < -0.39 is 14.6 Å². The number of benzene rings is 3. The maximum absolute atomic E-state index is 14.2. The molecule has 0 radical (unpaired) electrons. The van der Waals surface area contributed by atoms with Crippen LogP contribution >= 0.6 is 15.9 Å². The second-order valence-electron chi connectivity index (χ2n) is 9.14. The van der Waals surface area contributed by atoms with Crippen LogP contribution in [0.25, 0.3) is 0 Å². The molecule has 0 amide bonds. The summed E-state index contributed by atoms with van der Waals surface area (Å²) < 4.78 is 28.8. The van der Waals surface area contributed by atoms with Crippen LogP contribution in [0.15, 0.2) is 88.2 Å². The first-order chi connectivity index (χ1) is 16.5. The molecule has 0 atom stereocenters. The van der Waals surface area contributed by atoms with Crippen molar-refractivity contribution in [3.63, 3.8) is 0 Å². The van der Waals surface area contributed by atoms with E-state index in [0.29, 0.717) is 24.2 Å². The number of rotatable bonds is 7. The van der Waals surface area contributed by atoms with Crippen LogP contribution in [-0.2, 0) is 16.3 Å². The Morgan fingerprint density at radius 3 is 2.18 bits per heavy atom. The lowest BCUT2D eigenvalue weighted by Crippen LogP contribution is -2.41. The van der Waals surface area contributed by atoms with Gasteiger partial charge in [-0.05, 0) is 67.5 Å². The summed E-state index contributed by atoms with van der Waals surface area (Å²) in [6.07, 6.45) is 7.32. The fourth-order valence-electron chi connectivity index (χ4n) is 5.03. The molecule has 0 bridgehead atoms. The molecule has 1 saturated carbocycles. The van der Waals surface area contributed by atoms with Gasteiger partial charge >= 0.3 is 0 Å². The van der Waals surface area contributed by atoms with E-state index in [9.17, 15) is 8.42 Å². The van der Waals surface area contributed by atoms with E-state index in [0.717, 1.165) is 59.7 Å². The fraction of sp³-hybridized carbons (Fsp3) is 0.333. The summed E-state index contributed by atoms with van der Waals surface area (Å²) >= 11 is 3.62. The molecule has 0 N–H and O–H groups in total. The smallest absolute Gasteiger partial charge is 0.184 e. The van der Waals surface area contributed by atoms with Gasteiger partial charge in [-0.15, -0.1) is 0 Å². The highest BCUT2D eigenvalue weighted by atomic mass is 79.9. The third kappa shape index (κ3) is 5.65. The molecule has 4 heteroatoms. The highest BCUT2D eigenvalue weighted by Crippen LogP contribution is 2.43. The summed E-state index contributed by atoms with van der Waals surface area (Å²) in [5.74, 6) is 6.45. The van der Waals surface area contributed by atoms with E-state index in [2.05, 4.69) is 33.8 Å². The van der Waals surface area contributed by atoms with Gasteiger partial charge in [0.15, 0.2) is 9.84 Å². The first-order valence-electron chi connectivity index (χ1n) is 12.1. The van der Waals surface area contributed by atoms with Crippen molar-refractivity contribution < 1.29 is 8.42 Å². The van der Waals surface area contributed by atoms with E-state index in [1.54, 1.807) is 0 Å². The zero-order valence-corrected chi connectivity index (χ0v) is 21.9. The number of sulfone groups is 1. The Balaban J connectivity index is 1.58. The van der Waals surface area contributed by atoms with Gasteiger partial charge in [-0.25, -0.2) is 8.42 Å². The number of hydrogen-bond donors (Lipinski definition) is 0. The zero-order chi connectivity index (χ0) is 23.9. The van der Waals surface area contributed by atoms with Gasteiger partial charge in [-0.3, -0.25) is 0 Å². The predicted octanol–water partition coefficient (Wildman–Crippen LogP) is 7.74. The number of hydrogen-bond acceptors (Lipinski definition) is 2. The van der Waals surface area contributed by atoms with E-state index in [1.807, 2.05) is 72.8 Å². The third-order valence-corrected chi connectivity index (χ3v) is 10.4. The van der Waals surface area contributed by atoms with E-state index in [-0.39, 0.29) is 0 Å². The van der Waals surface area contributed by atoms with Crippen LogP contribution in [0.1, 0.15) is 68.1 Å². The van der Waals surface area contributed by atoms with Crippen LogP contribution in [0, 0.1) is 11.8 Å². The molecule has 0 heterocycles. The van der Waals surface area contributed by atoms with Crippen LogP contribution in [0.3, 0.4) is 0 Å². The summed E-state index contributed by atoms with van der Waals surface area (Å²) in [6.45, 7) is 0. The molecular weight excluding hydrogens is 504 g/mol. The maximum atomic E-state index is 14.2. The van der Waals surface area contributed by atoms with Gasteiger partial charge in [0.25, 0.3) is 0 Å². The molecule has 0 aliphatic heterocycles. The number of halogens is 1. The molecule has 0 saturated heterocycles. The van der Waals surface area contributed by atoms with Gasteiger partial charge in [0.2, 0.25) is 0 Å². The summed E-state index contributed by atoms with van der Waals surface area (Å²) in [7, 11) is -3.49. The van der Waals surface area contributed by atoms with Crippen molar-refractivity contribution in [1.82, 2.24) is 0 Å². The Hall–Kier alpha value is -2.35. The molecule has 176 valence electrons. The monoisotopic (exact) mass is 534 g/mol. The normalized spacial score (nSPS) is 15.3. The van der Waals surface area contributed by atoms with Gasteiger partial charge in [0.1, 0.15) is 0 Å². The first kappa shape index (κ1) is 24.8. The molecule has 2 nitrogen and oxygen atoms in total. The minimum Gasteiger partial charge on any atom is -0.223 e. The summed E-state index contributed by atoms with van der Waals surface area (Å²) in [6, 6.07) is 25.6. The topological polar surface area (TPSA) is 34.1 Å². The highest BCUT2D eigenvalue weighted by molar-refractivity contribution is 9.10. The van der Waals surface area contributed by atoms with Crippen LogP contribution in [0.5, 0.6) is 0 Å². The molecule has 0 unspecified atom stereocenters. The quantitative estimate of drug-likeness (QED) is 0.229. The Labute approximate surface area is 212 Å². The van der Waals surface area contributed by atoms with Crippen molar-refractivity contribution >= 4 is 25.8 Å². The molecule has 1 fully saturated rings. The SMILES string of the molecule is O=S(=O)(c1ccccc1Cc1ccccc1Br)C1(CCCC#Cc2ccccc2)CCCCC1. The van der Waals surface area contributed by atoms with Gasteiger partial charge in [-0.1, -0.05) is 102 Å². The van der Waals surface area contributed by atoms with Crippen molar-refractivity contribution in [2.45, 2.75) is 67.4 Å². The van der Waals surface area contributed by atoms with Gasteiger partial charge in [0.05, 0.1) is 9.64 Å². The predicted molar refractivity (Wildman–Crippen MR) is 144 cm³/mol. The lowest BCUT2D eigenvalue weighted by atomic mass is 9.84. The average molecular weight is 536 g/mol. The first-order valence-corrected chi connectivity index (χ1v) is 14.4. The molecule has 34 heavy (non-hydrogen) atoms. The lowest BCUT2D eigenvalue weighted by molar-refractivity contribution is 0.349. The van der Waals surface area contributed by atoms with Crippen LogP contribution < -0.4 is 0 Å². The maximum Gasteiger partial charge on any atom is 0.184 e. The zero-order valence-electron chi connectivity index (χ0n) is 19.5. The Morgan fingerprint density at radius 2 is 1.44 bits per heavy atom. The van der Waals surface area contributed by atoms with Crippen LogP contribution in [0.4, 0.5) is 0 Å². The molecule has 1 aliphatic carbocycles. The Morgan fingerprint density at radius 1 is 0.794 bits per heavy atom. The molecule has 0 aromatic heterocycles. The average Bonchev–Trinajstić information content (AvgIpc) is 2.86. The van der Waals surface area contributed by atoms with Crippen molar-refractivity contribution in [1.29, 1.82) is 0 Å². The van der Waals surface area contributed by atoms with Gasteiger partial charge in [-0.2, -0.15) is 0 Å². The van der Waals surface area contributed by atoms with Crippen LogP contribution in [0.2, 0.25) is 0 Å². The second-order valence-corrected chi connectivity index (χ2v) is 12.3. The van der Waals surface area contributed by atoms with Crippen molar-refractivity contribution in [2.75, 3.05) is 0 Å². The molecular formula is C30H31BrO2S. The Kier molecular flexibility index (Phi) is 8.29. The summed E-state index contributed by atoms with van der Waals surface area (Å²) in [5, 5.41) is 0. The summed E-state index contributed by atoms with van der Waals surface area (Å²) in [4.78, 5) is 0.503. The van der Waals surface area contributed by atoms with Gasteiger partial charge in [0, 0.05) is 16.5 Å². The molecule has 0 spiro atoms. The van der Waals surface area contributed by atoms with E-state index in [1.165, 1.54) is 0 Å². The minimum atomic E-state index is -3.49. The molecule has 3 aromatic rings. The largest absolute Gasteiger partial charge is 0.223 e. The van der Waals surface area contributed by atoms with E-state index in [4.69, 9.17) is 0 Å². The van der Waals surface area contributed by atoms with Crippen LogP contribution in [-0.4, -0.2) is 13.2 Å². The number of unbranched alkanes of at least 4 members (excludes halogenated alkanes) is 1. The Bertz CT molecular complexity index is 1260. The summed E-state index contributed by atoms with van der Waals surface area (Å²) in [5.41, 5.74) is 2.98. The minimum absolute atomic E-state index is 0.503. The standard InChI is InChI=1S/C30H31BrO2S/c31-28-19-9-7-17-26(28)24-27-18-8-10-20-29(27)34(32,33)30(22-12-3-13-23-30)21-11-2-6-16-25-14-4-1-5-15-25/h1,4-5,7-10,14-15,17-20H,2-3,11-13,21-24H2.